The van der Waals surface area contributed by atoms with Crippen LogP contribution in [0.1, 0.15) is 12.3 Å². The zero-order valence-corrected chi connectivity index (χ0v) is 12.0. The molecule has 2 heterocycles. The van der Waals surface area contributed by atoms with Crippen LogP contribution in [0.2, 0.25) is 0 Å². The molecule has 1 aromatic carbocycles. The van der Waals surface area contributed by atoms with Crippen LogP contribution < -0.4 is 0 Å². The Morgan fingerprint density at radius 3 is 2.91 bits per heavy atom. The minimum atomic E-state index is -0.355. The third kappa shape index (κ3) is 3.48. The van der Waals surface area contributed by atoms with Gasteiger partial charge in [0.05, 0.1) is 13.2 Å². The van der Waals surface area contributed by atoms with Crippen LogP contribution >= 0.6 is 0 Å². The summed E-state index contributed by atoms with van der Waals surface area (Å²) in [7, 11) is 0. The van der Waals surface area contributed by atoms with Crippen molar-refractivity contribution in [3.8, 4) is 11.4 Å². The predicted octanol–water partition coefficient (Wildman–Crippen LogP) is 1.67. The van der Waals surface area contributed by atoms with E-state index in [1.54, 1.807) is 17.0 Å². The first kappa shape index (κ1) is 14.6. The van der Waals surface area contributed by atoms with Gasteiger partial charge in [-0.05, 0) is 12.1 Å². The zero-order chi connectivity index (χ0) is 15.4. The molecule has 0 saturated carbocycles. The van der Waals surface area contributed by atoms with Crippen LogP contribution in [0, 0.1) is 5.82 Å². The topological polar surface area (TPSA) is 68.5 Å². The molecule has 1 aliphatic heterocycles. The Balaban J connectivity index is 1.59. The van der Waals surface area contributed by atoms with Gasteiger partial charge in [-0.3, -0.25) is 4.79 Å². The Kier molecular flexibility index (Phi) is 4.43. The van der Waals surface area contributed by atoms with E-state index in [1.807, 2.05) is 0 Å². The number of benzene rings is 1. The number of hydrogen-bond donors (Lipinski definition) is 0. The number of aromatic nitrogens is 2. The molecule has 22 heavy (non-hydrogen) atoms. The van der Waals surface area contributed by atoms with Gasteiger partial charge in [-0.2, -0.15) is 4.98 Å². The lowest BCUT2D eigenvalue weighted by Gasteiger charge is -2.26. The maximum Gasteiger partial charge on any atom is 0.227 e. The molecule has 116 valence electrons. The Morgan fingerprint density at radius 1 is 1.32 bits per heavy atom. The highest BCUT2D eigenvalue weighted by molar-refractivity contribution is 5.76. The maximum absolute atomic E-state index is 13.2. The van der Waals surface area contributed by atoms with Crippen LogP contribution in [0.15, 0.2) is 28.8 Å². The van der Waals surface area contributed by atoms with Crippen molar-refractivity contribution >= 4 is 5.91 Å². The molecule has 7 heteroatoms. The van der Waals surface area contributed by atoms with E-state index in [-0.39, 0.29) is 11.7 Å². The van der Waals surface area contributed by atoms with Crippen LogP contribution in [0.5, 0.6) is 0 Å². The van der Waals surface area contributed by atoms with Gasteiger partial charge in [0.25, 0.3) is 0 Å². The number of ether oxygens (including phenoxy) is 1. The third-order valence-corrected chi connectivity index (χ3v) is 3.47. The molecule has 1 aliphatic rings. The minimum absolute atomic E-state index is 0.0498. The predicted molar refractivity (Wildman–Crippen MR) is 75.4 cm³/mol. The molecule has 1 aromatic heterocycles. The van der Waals surface area contributed by atoms with Gasteiger partial charge in [-0.15, -0.1) is 0 Å². The van der Waals surface area contributed by atoms with Gasteiger partial charge >= 0.3 is 0 Å². The molecule has 3 rings (SSSR count). The SMILES string of the molecule is O=C(CCc1nc(-c2cccc(F)c2)no1)N1CCOCC1. The molecule has 0 radical (unpaired) electrons. The fourth-order valence-electron chi connectivity index (χ4n) is 2.29. The summed E-state index contributed by atoms with van der Waals surface area (Å²) in [4.78, 5) is 18.0. The van der Waals surface area contributed by atoms with Crippen LogP contribution in [0.3, 0.4) is 0 Å². The molecule has 0 N–H and O–H groups in total. The number of carbonyl (C=O) groups is 1. The van der Waals surface area contributed by atoms with Crippen molar-refractivity contribution in [1.82, 2.24) is 15.0 Å². The Hall–Kier alpha value is -2.28. The fraction of sp³-hybridized carbons (Fsp3) is 0.400. The minimum Gasteiger partial charge on any atom is -0.378 e. The molecule has 2 aromatic rings. The van der Waals surface area contributed by atoms with E-state index in [1.165, 1.54) is 12.1 Å². The largest absolute Gasteiger partial charge is 0.378 e. The monoisotopic (exact) mass is 305 g/mol. The van der Waals surface area contributed by atoms with Crippen molar-refractivity contribution in [2.24, 2.45) is 0 Å². The second-order valence-corrected chi connectivity index (χ2v) is 5.02. The summed E-state index contributed by atoms with van der Waals surface area (Å²) in [6.07, 6.45) is 0.684. The number of rotatable bonds is 4. The van der Waals surface area contributed by atoms with E-state index in [0.29, 0.717) is 56.4 Å². The molecule has 1 amide bonds. The van der Waals surface area contributed by atoms with Gasteiger partial charge in [-0.25, -0.2) is 4.39 Å². The van der Waals surface area contributed by atoms with Crippen LogP contribution in [0.4, 0.5) is 4.39 Å². The van der Waals surface area contributed by atoms with Crippen LogP contribution in [-0.2, 0) is 16.0 Å². The van der Waals surface area contributed by atoms with Gasteiger partial charge < -0.3 is 14.2 Å². The highest BCUT2D eigenvalue weighted by Gasteiger charge is 2.18. The van der Waals surface area contributed by atoms with Crippen LogP contribution in [-0.4, -0.2) is 47.3 Å². The molecular formula is C15H16FN3O3. The number of morpholine rings is 1. The van der Waals surface area contributed by atoms with Gasteiger partial charge in [0.2, 0.25) is 17.6 Å². The van der Waals surface area contributed by atoms with Crippen LogP contribution in [0.25, 0.3) is 11.4 Å². The lowest BCUT2D eigenvalue weighted by Crippen LogP contribution is -2.40. The molecular weight excluding hydrogens is 289 g/mol. The van der Waals surface area contributed by atoms with E-state index < -0.39 is 0 Å². The first-order chi connectivity index (χ1) is 10.7. The standard InChI is InChI=1S/C15H16FN3O3/c16-12-3-1-2-11(10-12)15-17-13(22-18-15)4-5-14(20)19-6-8-21-9-7-19/h1-3,10H,4-9H2. The fourth-order valence-corrected chi connectivity index (χ4v) is 2.29. The van der Waals surface area contributed by atoms with E-state index in [0.717, 1.165) is 0 Å². The number of amides is 1. The summed E-state index contributed by atoms with van der Waals surface area (Å²) < 4.78 is 23.5. The van der Waals surface area contributed by atoms with Crippen molar-refractivity contribution < 1.29 is 18.4 Å². The number of carbonyl (C=O) groups excluding carboxylic acids is 1. The molecule has 0 unspecified atom stereocenters. The molecule has 1 saturated heterocycles. The van der Waals surface area contributed by atoms with Gasteiger partial charge in [0.1, 0.15) is 5.82 Å². The quantitative estimate of drug-likeness (QED) is 0.859. The lowest BCUT2D eigenvalue weighted by atomic mass is 10.2. The number of halogens is 1. The maximum atomic E-state index is 13.2. The van der Waals surface area contributed by atoms with E-state index in [4.69, 9.17) is 9.26 Å². The highest BCUT2D eigenvalue weighted by atomic mass is 19.1. The van der Waals surface area contributed by atoms with E-state index in [2.05, 4.69) is 10.1 Å². The Morgan fingerprint density at radius 2 is 2.14 bits per heavy atom. The third-order valence-electron chi connectivity index (χ3n) is 3.47. The Labute approximate surface area is 126 Å². The van der Waals surface area contributed by atoms with E-state index in [9.17, 15) is 9.18 Å². The zero-order valence-electron chi connectivity index (χ0n) is 12.0. The van der Waals surface area contributed by atoms with E-state index >= 15 is 0 Å². The molecule has 0 atom stereocenters. The lowest BCUT2D eigenvalue weighted by molar-refractivity contribution is -0.135. The molecule has 0 aliphatic carbocycles. The van der Waals surface area contributed by atoms with Crippen molar-refractivity contribution in [3.63, 3.8) is 0 Å². The van der Waals surface area contributed by atoms with Gasteiger partial charge in [0, 0.05) is 31.5 Å². The summed E-state index contributed by atoms with van der Waals surface area (Å²) in [6.45, 7) is 2.40. The average Bonchev–Trinajstić information content (AvgIpc) is 3.02. The normalized spacial score (nSPS) is 15.0. The first-order valence-corrected chi connectivity index (χ1v) is 7.16. The van der Waals surface area contributed by atoms with Crippen molar-refractivity contribution in [1.29, 1.82) is 0 Å². The van der Waals surface area contributed by atoms with Gasteiger partial charge in [-0.1, -0.05) is 17.3 Å². The Bertz CT molecular complexity index is 653. The molecule has 0 spiro atoms. The summed E-state index contributed by atoms with van der Waals surface area (Å²) in [5.41, 5.74) is 0.550. The summed E-state index contributed by atoms with van der Waals surface area (Å²) in [6, 6.07) is 5.98. The molecule has 6 nitrogen and oxygen atoms in total. The second kappa shape index (κ2) is 6.65. The van der Waals surface area contributed by atoms with Crippen molar-refractivity contribution in [3.05, 3.63) is 36.0 Å². The highest BCUT2D eigenvalue weighted by Crippen LogP contribution is 2.17. The number of hydrogen-bond acceptors (Lipinski definition) is 5. The first-order valence-electron chi connectivity index (χ1n) is 7.16. The smallest absolute Gasteiger partial charge is 0.227 e. The summed E-state index contributed by atoms with van der Waals surface area (Å²) in [5, 5.41) is 3.82. The average molecular weight is 305 g/mol. The number of aryl methyl sites for hydroxylation is 1. The molecule has 0 bridgehead atoms. The van der Waals surface area contributed by atoms with Crippen molar-refractivity contribution in [2.45, 2.75) is 12.8 Å². The van der Waals surface area contributed by atoms with Gasteiger partial charge in [0.15, 0.2) is 0 Å². The second-order valence-electron chi connectivity index (χ2n) is 5.02. The summed E-state index contributed by atoms with van der Waals surface area (Å²) in [5.74, 6) is 0.398. The summed E-state index contributed by atoms with van der Waals surface area (Å²) >= 11 is 0. The van der Waals surface area contributed by atoms with Crippen molar-refractivity contribution in [2.75, 3.05) is 26.3 Å². The molecule has 1 fully saturated rings. The number of nitrogens with zero attached hydrogens (tertiary/aromatic N) is 3.